The topological polar surface area (TPSA) is 75.2 Å². The first kappa shape index (κ1) is 17.3. The van der Waals surface area contributed by atoms with Gasteiger partial charge in [0.1, 0.15) is 0 Å². The molecule has 6 nitrogen and oxygen atoms in total. The molecule has 2 heterocycles. The van der Waals surface area contributed by atoms with Crippen LogP contribution in [0.15, 0.2) is 73.3 Å². The van der Waals surface area contributed by atoms with Crippen molar-refractivity contribution < 1.29 is 9.59 Å². The van der Waals surface area contributed by atoms with Gasteiger partial charge in [-0.25, -0.2) is 0 Å². The summed E-state index contributed by atoms with van der Waals surface area (Å²) in [6.07, 6.45) is 6.52. The highest BCUT2D eigenvalue weighted by Crippen LogP contribution is 2.15. The first-order valence-corrected chi connectivity index (χ1v) is 8.09. The summed E-state index contributed by atoms with van der Waals surface area (Å²) in [6, 6.07) is 14.0. The molecule has 0 aliphatic rings. The highest BCUT2D eigenvalue weighted by Gasteiger charge is 2.13. The first-order valence-electron chi connectivity index (χ1n) is 8.09. The Kier molecular flexibility index (Phi) is 5.34. The number of aromatic nitrogens is 2. The van der Waals surface area contributed by atoms with Crippen molar-refractivity contribution in [2.24, 2.45) is 0 Å². The zero-order chi connectivity index (χ0) is 18.4. The Bertz CT molecular complexity index is 898. The highest BCUT2D eigenvalue weighted by molar-refractivity contribution is 6.04. The van der Waals surface area contributed by atoms with Gasteiger partial charge in [-0.05, 0) is 42.0 Å². The monoisotopic (exact) mass is 346 g/mol. The van der Waals surface area contributed by atoms with Crippen LogP contribution in [0, 0.1) is 0 Å². The third-order valence-electron chi connectivity index (χ3n) is 3.78. The molecule has 0 saturated heterocycles. The fourth-order valence-corrected chi connectivity index (χ4v) is 2.49. The average Bonchev–Trinajstić information content (AvgIpc) is 2.69. The van der Waals surface area contributed by atoms with Gasteiger partial charge in [-0.3, -0.25) is 19.6 Å². The van der Waals surface area contributed by atoms with E-state index in [4.69, 9.17) is 0 Å². The Hall–Kier alpha value is -3.54. The van der Waals surface area contributed by atoms with Crippen LogP contribution in [0.3, 0.4) is 0 Å². The Morgan fingerprint density at radius 2 is 1.69 bits per heavy atom. The number of carbonyl (C=O) groups excluding carboxylic acids is 2. The van der Waals surface area contributed by atoms with Gasteiger partial charge in [0.15, 0.2) is 0 Å². The lowest BCUT2D eigenvalue weighted by Crippen LogP contribution is -2.26. The number of hydrogen-bond acceptors (Lipinski definition) is 4. The van der Waals surface area contributed by atoms with Crippen molar-refractivity contribution in [1.82, 2.24) is 14.9 Å². The van der Waals surface area contributed by atoms with Crippen LogP contribution in [0.5, 0.6) is 0 Å². The van der Waals surface area contributed by atoms with E-state index < -0.39 is 0 Å². The molecule has 0 bridgehead atoms. The largest absolute Gasteiger partial charge is 0.337 e. The molecule has 0 unspecified atom stereocenters. The molecule has 0 aliphatic carbocycles. The van der Waals surface area contributed by atoms with Crippen molar-refractivity contribution in [3.05, 3.63) is 90.0 Å². The Morgan fingerprint density at radius 3 is 2.38 bits per heavy atom. The molecule has 1 aromatic carbocycles. The summed E-state index contributed by atoms with van der Waals surface area (Å²) in [4.78, 5) is 34.5. The number of benzene rings is 1. The van der Waals surface area contributed by atoms with E-state index >= 15 is 0 Å². The van der Waals surface area contributed by atoms with Crippen LogP contribution in [-0.2, 0) is 6.54 Å². The maximum absolute atomic E-state index is 12.6. The van der Waals surface area contributed by atoms with Crippen molar-refractivity contribution in [2.75, 3.05) is 12.4 Å². The number of hydrogen-bond donors (Lipinski definition) is 1. The average molecular weight is 346 g/mol. The van der Waals surface area contributed by atoms with Gasteiger partial charge < -0.3 is 10.2 Å². The fourth-order valence-electron chi connectivity index (χ4n) is 2.49. The fraction of sp³-hybridized carbons (Fsp3) is 0.100. The highest BCUT2D eigenvalue weighted by atomic mass is 16.2. The third kappa shape index (κ3) is 4.30. The van der Waals surface area contributed by atoms with E-state index in [1.54, 1.807) is 66.9 Å². The second-order valence-electron chi connectivity index (χ2n) is 5.80. The second-order valence-corrected chi connectivity index (χ2v) is 5.80. The van der Waals surface area contributed by atoms with E-state index in [-0.39, 0.29) is 11.8 Å². The maximum Gasteiger partial charge on any atom is 0.257 e. The van der Waals surface area contributed by atoms with Gasteiger partial charge >= 0.3 is 0 Å². The number of anilines is 1. The lowest BCUT2D eigenvalue weighted by molar-refractivity contribution is 0.0784. The normalized spacial score (nSPS) is 10.2. The summed E-state index contributed by atoms with van der Waals surface area (Å²) in [5.74, 6) is -0.405. The van der Waals surface area contributed by atoms with E-state index in [0.717, 1.165) is 5.56 Å². The predicted molar refractivity (Wildman–Crippen MR) is 98.7 cm³/mol. The minimum Gasteiger partial charge on any atom is -0.337 e. The molecule has 3 aromatic rings. The third-order valence-corrected chi connectivity index (χ3v) is 3.78. The van der Waals surface area contributed by atoms with Crippen LogP contribution in [0.25, 0.3) is 0 Å². The molecule has 1 N–H and O–H groups in total. The molecule has 130 valence electrons. The number of pyridine rings is 2. The molecule has 0 atom stereocenters. The van der Waals surface area contributed by atoms with Crippen LogP contribution in [-0.4, -0.2) is 33.7 Å². The molecule has 6 heteroatoms. The summed E-state index contributed by atoms with van der Waals surface area (Å²) in [5, 5.41) is 2.78. The Morgan fingerprint density at radius 1 is 0.962 bits per heavy atom. The zero-order valence-corrected chi connectivity index (χ0v) is 14.3. The summed E-state index contributed by atoms with van der Waals surface area (Å²) in [6.45, 7) is 0.457. The van der Waals surface area contributed by atoms with Crippen LogP contribution < -0.4 is 5.32 Å². The Labute approximate surface area is 151 Å². The molecule has 2 aromatic heterocycles. The van der Waals surface area contributed by atoms with Gasteiger partial charge in [0.2, 0.25) is 0 Å². The van der Waals surface area contributed by atoms with E-state index in [0.29, 0.717) is 23.4 Å². The van der Waals surface area contributed by atoms with Crippen LogP contribution >= 0.6 is 0 Å². The van der Waals surface area contributed by atoms with Crippen molar-refractivity contribution in [1.29, 1.82) is 0 Å². The predicted octanol–water partition coefficient (Wildman–Crippen LogP) is 3.00. The minimum atomic E-state index is -0.272. The summed E-state index contributed by atoms with van der Waals surface area (Å²) >= 11 is 0. The van der Waals surface area contributed by atoms with Gasteiger partial charge in [-0.1, -0.05) is 12.1 Å². The minimum absolute atomic E-state index is 0.133. The second kappa shape index (κ2) is 8.02. The molecular weight excluding hydrogens is 328 g/mol. The van der Waals surface area contributed by atoms with Crippen molar-refractivity contribution >= 4 is 17.5 Å². The molecular formula is C20H18N4O2. The van der Waals surface area contributed by atoms with Gasteiger partial charge in [0, 0.05) is 49.6 Å². The quantitative estimate of drug-likeness (QED) is 0.770. The molecule has 0 spiro atoms. The standard InChI is InChI=1S/C20H18N4O2/c1-24(14-15-5-3-9-21-12-15)20(26)16-6-2-8-18(11-16)23-19(25)17-7-4-10-22-13-17/h2-13H,14H2,1H3,(H,23,25). The number of nitrogens with one attached hydrogen (secondary N) is 1. The van der Waals surface area contributed by atoms with E-state index in [1.807, 2.05) is 12.1 Å². The smallest absolute Gasteiger partial charge is 0.257 e. The SMILES string of the molecule is CN(Cc1cccnc1)C(=O)c1cccc(NC(=O)c2cccnc2)c1. The lowest BCUT2D eigenvalue weighted by atomic mass is 10.1. The number of rotatable bonds is 5. The van der Waals surface area contributed by atoms with E-state index in [9.17, 15) is 9.59 Å². The summed E-state index contributed by atoms with van der Waals surface area (Å²) in [5.41, 5.74) is 2.46. The van der Waals surface area contributed by atoms with Crippen LogP contribution in [0.1, 0.15) is 26.3 Å². The number of carbonyl (C=O) groups is 2. The van der Waals surface area contributed by atoms with Crippen molar-refractivity contribution in [2.45, 2.75) is 6.54 Å². The van der Waals surface area contributed by atoms with Crippen molar-refractivity contribution in [3.63, 3.8) is 0 Å². The van der Waals surface area contributed by atoms with Crippen LogP contribution in [0.2, 0.25) is 0 Å². The molecule has 0 saturated carbocycles. The summed E-state index contributed by atoms with van der Waals surface area (Å²) < 4.78 is 0. The Balaban J connectivity index is 1.70. The molecule has 2 amide bonds. The molecule has 26 heavy (non-hydrogen) atoms. The molecule has 0 fully saturated rings. The first-order chi connectivity index (χ1) is 12.6. The maximum atomic E-state index is 12.6. The number of amides is 2. The van der Waals surface area contributed by atoms with Gasteiger partial charge in [-0.2, -0.15) is 0 Å². The molecule has 0 radical (unpaired) electrons. The summed E-state index contributed by atoms with van der Waals surface area (Å²) in [7, 11) is 1.73. The van der Waals surface area contributed by atoms with E-state index in [1.165, 1.54) is 6.20 Å². The van der Waals surface area contributed by atoms with Gasteiger partial charge in [0.25, 0.3) is 11.8 Å². The molecule has 3 rings (SSSR count). The van der Waals surface area contributed by atoms with Gasteiger partial charge in [0.05, 0.1) is 5.56 Å². The van der Waals surface area contributed by atoms with Gasteiger partial charge in [-0.15, -0.1) is 0 Å². The van der Waals surface area contributed by atoms with Crippen LogP contribution in [0.4, 0.5) is 5.69 Å². The number of nitrogens with zero attached hydrogens (tertiary/aromatic N) is 3. The van der Waals surface area contributed by atoms with E-state index in [2.05, 4.69) is 15.3 Å². The van der Waals surface area contributed by atoms with Crippen molar-refractivity contribution in [3.8, 4) is 0 Å². The molecule has 0 aliphatic heterocycles. The zero-order valence-electron chi connectivity index (χ0n) is 14.3. The lowest BCUT2D eigenvalue weighted by Gasteiger charge is -2.17.